The van der Waals surface area contributed by atoms with Gasteiger partial charge < -0.3 is 10.1 Å². The summed E-state index contributed by atoms with van der Waals surface area (Å²) >= 11 is 7.41. The minimum atomic E-state index is -0.752. The maximum Gasteiger partial charge on any atom is 0.411 e. The Kier molecular flexibility index (Phi) is 9.16. The number of aryl methyl sites for hydroxylation is 1. The van der Waals surface area contributed by atoms with Crippen molar-refractivity contribution in [2.45, 2.75) is 19.4 Å². The quantitative estimate of drug-likeness (QED) is 0.200. The van der Waals surface area contributed by atoms with Crippen molar-refractivity contribution in [3.8, 4) is 16.8 Å². The highest BCUT2D eigenvalue weighted by molar-refractivity contribution is 7.09. The second-order valence-electron chi connectivity index (χ2n) is 9.26. The van der Waals surface area contributed by atoms with Crippen molar-refractivity contribution in [2.75, 3.05) is 12.4 Å². The van der Waals surface area contributed by atoms with Gasteiger partial charge in [0, 0.05) is 34.8 Å². The van der Waals surface area contributed by atoms with Crippen LogP contribution >= 0.6 is 22.9 Å². The Bertz CT molecular complexity index is 1890. The lowest BCUT2D eigenvalue weighted by Gasteiger charge is -2.17. The number of benzene rings is 2. The molecule has 3 N–H and O–H groups in total. The number of hydrogen-bond acceptors (Lipinski definition) is 10. The number of nitrogens with zero attached hydrogens (tertiary/aromatic N) is 6. The van der Waals surface area contributed by atoms with Gasteiger partial charge in [-0.05, 0) is 59.3 Å². The van der Waals surface area contributed by atoms with Crippen LogP contribution in [0.15, 0.2) is 65.0 Å². The molecule has 2 amide bonds. The van der Waals surface area contributed by atoms with Crippen LogP contribution in [-0.2, 0) is 16.0 Å². The van der Waals surface area contributed by atoms with Crippen molar-refractivity contribution in [1.82, 2.24) is 40.7 Å². The zero-order valence-corrected chi connectivity index (χ0v) is 24.7. The summed E-state index contributed by atoms with van der Waals surface area (Å²) < 4.78 is 20.8. The van der Waals surface area contributed by atoms with Gasteiger partial charge >= 0.3 is 6.09 Å². The van der Waals surface area contributed by atoms with Gasteiger partial charge in [-0.3, -0.25) is 14.9 Å². The molecule has 1 atom stereocenters. The van der Waals surface area contributed by atoms with Crippen molar-refractivity contribution in [2.24, 2.45) is 0 Å². The number of nitrogens with one attached hydrogen (secondary N) is 3. The summed E-state index contributed by atoms with van der Waals surface area (Å²) in [5.74, 6) is -1.32. The average Bonchev–Trinajstić information content (AvgIpc) is 3.70. The molecule has 5 rings (SSSR count). The fraction of sp³-hybridized carbons (Fsp3) is 0.143. The number of rotatable bonds is 9. The molecule has 0 saturated carbocycles. The number of anilines is 1. The van der Waals surface area contributed by atoms with Crippen LogP contribution in [0.5, 0.6) is 0 Å². The highest BCUT2D eigenvalue weighted by Gasteiger charge is 2.21. The molecular formula is C28H23ClFN9O4S. The molecule has 0 bridgehead atoms. The molecule has 0 spiro atoms. The first kappa shape index (κ1) is 30.2. The van der Waals surface area contributed by atoms with E-state index in [1.54, 1.807) is 30.3 Å². The van der Waals surface area contributed by atoms with Crippen molar-refractivity contribution in [1.29, 1.82) is 0 Å². The normalized spacial score (nSPS) is 11.8. The van der Waals surface area contributed by atoms with E-state index in [1.807, 2.05) is 12.3 Å². The molecule has 13 nitrogen and oxygen atoms in total. The van der Waals surface area contributed by atoms with E-state index in [1.165, 1.54) is 47.7 Å². The maximum atomic E-state index is 15.0. The molecule has 44 heavy (non-hydrogen) atoms. The van der Waals surface area contributed by atoms with E-state index in [9.17, 15) is 18.8 Å². The lowest BCUT2D eigenvalue weighted by atomic mass is 10.0. The molecule has 0 aliphatic heterocycles. The summed E-state index contributed by atoms with van der Waals surface area (Å²) in [6.45, 7) is 1.85. The SMILES string of the molecule is COC(=O)Nc1ccc(-c2cc([C@H](Cc3nc(C)cs3)NC(=O)/C=C/c3c(-n4cnnn4)ccc(Cl)c3F)n[nH]c2=O)cc1. The molecule has 0 aliphatic carbocycles. The number of amides is 2. The van der Waals surface area contributed by atoms with E-state index in [4.69, 9.17) is 11.6 Å². The first-order valence-electron chi connectivity index (χ1n) is 12.9. The molecule has 0 unspecified atom stereocenters. The number of hydrogen-bond donors (Lipinski definition) is 3. The zero-order chi connectivity index (χ0) is 31.2. The lowest BCUT2D eigenvalue weighted by molar-refractivity contribution is -0.117. The van der Waals surface area contributed by atoms with Gasteiger partial charge in [0.25, 0.3) is 5.56 Å². The van der Waals surface area contributed by atoms with Crippen LogP contribution in [0.1, 0.15) is 28.0 Å². The molecular weight excluding hydrogens is 613 g/mol. The van der Waals surface area contributed by atoms with E-state index in [0.717, 1.165) is 16.8 Å². The van der Waals surface area contributed by atoms with Crippen molar-refractivity contribution < 1.29 is 18.7 Å². The number of thiazole rings is 1. The first-order chi connectivity index (χ1) is 21.2. The van der Waals surface area contributed by atoms with Crippen LogP contribution in [0.4, 0.5) is 14.9 Å². The van der Waals surface area contributed by atoms with Crippen LogP contribution in [0.3, 0.4) is 0 Å². The van der Waals surface area contributed by atoms with Gasteiger partial charge in [-0.1, -0.05) is 23.7 Å². The van der Waals surface area contributed by atoms with Gasteiger partial charge in [0.2, 0.25) is 5.91 Å². The summed E-state index contributed by atoms with van der Waals surface area (Å²) in [5.41, 5.74) is 2.30. The second kappa shape index (κ2) is 13.4. The Labute approximate surface area is 257 Å². The summed E-state index contributed by atoms with van der Waals surface area (Å²) in [6, 6.07) is 10.3. The molecule has 5 aromatic rings. The summed E-state index contributed by atoms with van der Waals surface area (Å²) in [5, 5.41) is 25.5. The van der Waals surface area contributed by atoms with Crippen LogP contribution in [-0.4, -0.2) is 54.5 Å². The Hall–Kier alpha value is -5.28. The van der Waals surface area contributed by atoms with Gasteiger partial charge in [-0.25, -0.2) is 19.3 Å². The van der Waals surface area contributed by atoms with Crippen LogP contribution in [0.2, 0.25) is 5.02 Å². The Morgan fingerprint density at radius 3 is 2.70 bits per heavy atom. The van der Waals surface area contributed by atoms with Crippen molar-refractivity contribution >= 4 is 46.7 Å². The summed E-state index contributed by atoms with van der Waals surface area (Å²) in [7, 11) is 1.25. The smallest absolute Gasteiger partial charge is 0.411 e. The zero-order valence-electron chi connectivity index (χ0n) is 23.1. The summed E-state index contributed by atoms with van der Waals surface area (Å²) in [6.07, 6.45) is 3.35. The maximum absolute atomic E-state index is 15.0. The predicted octanol–water partition coefficient (Wildman–Crippen LogP) is 4.26. The number of H-pyrrole nitrogens is 1. The molecule has 16 heteroatoms. The lowest BCUT2D eigenvalue weighted by Crippen LogP contribution is -2.30. The average molecular weight is 636 g/mol. The number of ether oxygens (including phenoxy) is 1. The molecule has 3 heterocycles. The van der Waals surface area contributed by atoms with Gasteiger partial charge in [0.15, 0.2) is 5.82 Å². The minimum absolute atomic E-state index is 0.00152. The Morgan fingerprint density at radius 1 is 1.23 bits per heavy atom. The number of carbonyl (C=O) groups excluding carboxylic acids is 2. The number of methoxy groups -OCH3 is 1. The number of halogens is 2. The van der Waals surface area contributed by atoms with Crippen molar-refractivity contribution in [3.05, 3.63) is 103 Å². The first-order valence-corrected chi connectivity index (χ1v) is 14.1. The molecule has 3 aromatic heterocycles. The number of aromatic amines is 1. The minimum Gasteiger partial charge on any atom is -0.453 e. The third-order valence-corrected chi connectivity index (χ3v) is 7.56. The molecule has 0 saturated heterocycles. The number of carbonyl (C=O) groups is 2. The van der Waals surface area contributed by atoms with Gasteiger partial charge in [0.1, 0.15) is 6.33 Å². The standard InChI is InChI=1S/C28H23ClFN9O4S/c1-15-13-44-25(32-15)12-21(22-11-19(27(41)36-35-22)16-3-5-17(6-4-16)33-28(42)43-2)34-24(40)10-7-18-23(39-14-31-37-38-39)9-8-20(29)26(18)30/h3-11,13-14,21H,12H2,1-2H3,(H,33,42)(H,34,40)(H,36,41)/b10-7+/t21-/m0/s1. The van der Waals surface area contributed by atoms with E-state index in [2.05, 4.69) is 46.1 Å². The third kappa shape index (κ3) is 7.02. The predicted molar refractivity (Wildman–Crippen MR) is 161 cm³/mol. The molecule has 2 aromatic carbocycles. The largest absolute Gasteiger partial charge is 0.453 e. The van der Waals surface area contributed by atoms with Crippen LogP contribution in [0.25, 0.3) is 22.9 Å². The topological polar surface area (TPSA) is 170 Å². The third-order valence-electron chi connectivity index (χ3n) is 6.28. The van der Waals surface area contributed by atoms with E-state index in [-0.39, 0.29) is 28.3 Å². The van der Waals surface area contributed by atoms with E-state index in [0.29, 0.717) is 16.9 Å². The Morgan fingerprint density at radius 2 is 2.02 bits per heavy atom. The monoisotopic (exact) mass is 635 g/mol. The fourth-order valence-electron chi connectivity index (χ4n) is 4.18. The van der Waals surface area contributed by atoms with E-state index < -0.39 is 29.4 Å². The van der Waals surface area contributed by atoms with Gasteiger partial charge in [-0.2, -0.15) is 9.78 Å². The van der Waals surface area contributed by atoms with Gasteiger partial charge in [-0.15, -0.1) is 16.4 Å². The van der Waals surface area contributed by atoms with Gasteiger partial charge in [0.05, 0.1) is 40.1 Å². The van der Waals surface area contributed by atoms with Crippen molar-refractivity contribution in [3.63, 3.8) is 0 Å². The van der Waals surface area contributed by atoms with Crippen LogP contribution in [0, 0.1) is 12.7 Å². The molecule has 0 fully saturated rings. The number of aromatic nitrogens is 7. The molecule has 224 valence electrons. The van der Waals surface area contributed by atoms with E-state index >= 15 is 0 Å². The second-order valence-corrected chi connectivity index (χ2v) is 10.6. The molecule has 0 aliphatic rings. The Balaban J connectivity index is 1.44. The number of tetrazole rings is 1. The fourth-order valence-corrected chi connectivity index (χ4v) is 5.17. The molecule has 0 radical (unpaired) electrons. The summed E-state index contributed by atoms with van der Waals surface area (Å²) in [4.78, 5) is 42.0. The highest BCUT2D eigenvalue weighted by atomic mass is 35.5. The highest BCUT2D eigenvalue weighted by Crippen LogP contribution is 2.26. The van der Waals surface area contributed by atoms with Crippen LogP contribution < -0.4 is 16.2 Å².